The first-order chi connectivity index (χ1) is 17.5. The van der Waals surface area contributed by atoms with E-state index < -0.39 is 10.1 Å². The van der Waals surface area contributed by atoms with Gasteiger partial charge in [0.15, 0.2) is 0 Å². The Labute approximate surface area is 225 Å². The van der Waals surface area contributed by atoms with Gasteiger partial charge in [0.2, 0.25) is 0 Å². The standard InChI is InChI=1S/C32H58O3S/c1-4-6-8-10-12-14-16-18-20-22-24-31(25-23-21-19-17-15-13-11-9-7-5-2)35-36(33,34)32-28-26-30(3)27-29-32/h26-29,31H,4-25H2,1-3H3. The molecule has 1 aromatic carbocycles. The smallest absolute Gasteiger partial charge is 0.263 e. The Bertz CT molecular complexity index is 687. The van der Waals surface area contributed by atoms with Crippen molar-refractivity contribution >= 4 is 10.1 Å². The van der Waals surface area contributed by atoms with Crippen LogP contribution in [0.1, 0.15) is 161 Å². The fourth-order valence-electron chi connectivity index (χ4n) is 4.90. The summed E-state index contributed by atoms with van der Waals surface area (Å²) in [5.74, 6) is 0. The summed E-state index contributed by atoms with van der Waals surface area (Å²) in [6, 6.07) is 7.02. The van der Waals surface area contributed by atoms with E-state index in [4.69, 9.17) is 4.18 Å². The van der Waals surface area contributed by atoms with Gasteiger partial charge in [-0.05, 0) is 31.9 Å². The molecule has 0 aliphatic rings. The Kier molecular flexibility index (Phi) is 20.4. The minimum absolute atomic E-state index is 0.195. The summed E-state index contributed by atoms with van der Waals surface area (Å²) >= 11 is 0. The fourth-order valence-corrected chi connectivity index (χ4v) is 6.03. The maximum absolute atomic E-state index is 12.9. The second kappa shape index (κ2) is 22.1. The van der Waals surface area contributed by atoms with Gasteiger partial charge in [0.1, 0.15) is 0 Å². The van der Waals surface area contributed by atoms with E-state index in [1.54, 1.807) is 12.1 Å². The zero-order chi connectivity index (χ0) is 26.3. The molecule has 0 spiro atoms. The van der Waals surface area contributed by atoms with E-state index in [2.05, 4.69) is 13.8 Å². The molecule has 0 aliphatic carbocycles. The molecule has 3 nitrogen and oxygen atoms in total. The Morgan fingerprint density at radius 3 is 1.25 bits per heavy atom. The molecule has 0 aliphatic heterocycles. The maximum Gasteiger partial charge on any atom is 0.297 e. The lowest BCUT2D eigenvalue weighted by atomic mass is 10.0. The number of benzene rings is 1. The van der Waals surface area contributed by atoms with Crippen molar-refractivity contribution in [2.45, 2.75) is 173 Å². The normalized spacial score (nSPS) is 12.0. The topological polar surface area (TPSA) is 43.4 Å². The minimum Gasteiger partial charge on any atom is -0.263 e. The van der Waals surface area contributed by atoms with Crippen LogP contribution in [-0.4, -0.2) is 14.5 Å². The van der Waals surface area contributed by atoms with Gasteiger partial charge < -0.3 is 0 Å². The maximum atomic E-state index is 12.9. The van der Waals surface area contributed by atoms with Crippen LogP contribution in [0.25, 0.3) is 0 Å². The van der Waals surface area contributed by atoms with Crippen molar-refractivity contribution in [3.8, 4) is 0 Å². The Balaban J connectivity index is 2.36. The zero-order valence-electron chi connectivity index (χ0n) is 24.1. The van der Waals surface area contributed by atoms with Crippen molar-refractivity contribution in [1.82, 2.24) is 0 Å². The van der Waals surface area contributed by atoms with Gasteiger partial charge in [0.25, 0.3) is 10.1 Å². The van der Waals surface area contributed by atoms with Crippen LogP contribution in [0.2, 0.25) is 0 Å². The largest absolute Gasteiger partial charge is 0.297 e. The monoisotopic (exact) mass is 522 g/mol. The third kappa shape index (κ3) is 17.6. The van der Waals surface area contributed by atoms with Crippen LogP contribution in [0, 0.1) is 6.92 Å². The van der Waals surface area contributed by atoms with Crippen LogP contribution in [0.3, 0.4) is 0 Å². The summed E-state index contributed by atoms with van der Waals surface area (Å²) in [4.78, 5) is 0.282. The minimum atomic E-state index is -3.70. The zero-order valence-corrected chi connectivity index (χ0v) is 24.9. The molecular formula is C32H58O3S. The molecule has 4 heteroatoms. The van der Waals surface area contributed by atoms with Gasteiger partial charge in [-0.15, -0.1) is 0 Å². The molecule has 0 radical (unpaired) electrons. The SMILES string of the molecule is CCCCCCCCCCCCC(CCCCCCCCCCCC)OS(=O)(=O)c1ccc(C)cc1. The lowest BCUT2D eigenvalue weighted by Gasteiger charge is -2.18. The molecule has 0 saturated carbocycles. The van der Waals surface area contributed by atoms with Gasteiger partial charge in [-0.1, -0.05) is 160 Å². The van der Waals surface area contributed by atoms with Crippen LogP contribution in [0.4, 0.5) is 0 Å². The number of hydrogen-bond acceptors (Lipinski definition) is 3. The molecule has 0 atom stereocenters. The average Bonchev–Trinajstić information content (AvgIpc) is 2.86. The van der Waals surface area contributed by atoms with Crippen molar-refractivity contribution in [3.63, 3.8) is 0 Å². The van der Waals surface area contributed by atoms with Crippen molar-refractivity contribution in [1.29, 1.82) is 0 Å². The molecule has 1 aromatic rings. The van der Waals surface area contributed by atoms with Gasteiger partial charge in [-0.3, -0.25) is 4.18 Å². The van der Waals surface area contributed by atoms with Crippen molar-refractivity contribution in [2.75, 3.05) is 0 Å². The second-order valence-electron chi connectivity index (χ2n) is 10.9. The number of aryl methyl sites for hydroxylation is 1. The van der Waals surface area contributed by atoms with Crippen molar-refractivity contribution in [3.05, 3.63) is 29.8 Å². The highest BCUT2D eigenvalue weighted by atomic mass is 32.2. The number of hydrogen-bond donors (Lipinski definition) is 0. The van der Waals surface area contributed by atoms with Gasteiger partial charge in [0.05, 0.1) is 11.0 Å². The molecule has 0 heterocycles. The van der Waals surface area contributed by atoms with E-state index in [0.717, 1.165) is 31.2 Å². The van der Waals surface area contributed by atoms with E-state index in [9.17, 15) is 8.42 Å². The molecule has 0 N–H and O–H groups in total. The van der Waals surface area contributed by atoms with Gasteiger partial charge >= 0.3 is 0 Å². The highest BCUT2D eigenvalue weighted by molar-refractivity contribution is 7.86. The fraction of sp³-hybridized carbons (Fsp3) is 0.812. The molecule has 0 saturated heterocycles. The van der Waals surface area contributed by atoms with Gasteiger partial charge in [-0.2, -0.15) is 8.42 Å². The molecule has 0 unspecified atom stereocenters. The van der Waals surface area contributed by atoms with Crippen LogP contribution >= 0.6 is 0 Å². The predicted molar refractivity (Wildman–Crippen MR) is 156 cm³/mol. The summed E-state index contributed by atoms with van der Waals surface area (Å²) in [5, 5.41) is 0. The first kappa shape index (κ1) is 33.2. The number of rotatable bonds is 25. The number of unbranched alkanes of at least 4 members (excludes halogenated alkanes) is 18. The van der Waals surface area contributed by atoms with Crippen molar-refractivity contribution < 1.29 is 12.6 Å². The van der Waals surface area contributed by atoms with Crippen LogP contribution < -0.4 is 0 Å². The van der Waals surface area contributed by atoms with E-state index in [0.29, 0.717) is 0 Å². The van der Waals surface area contributed by atoms with E-state index in [1.165, 1.54) is 116 Å². The lowest BCUT2D eigenvalue weighted by Crippen LogP contribution is -2.19. The molecule has 0 bridgehead atoms. The summed E-state index contributed by atoms with van der Waals surface area (Å²) in [6.45, 7) is 6.50. The summed E-state index contributed by atoms with van der Waals surface area (Å²) in [5.41, 5.74) is 1.06. The van der Waals surface area contributed by atoms with Crippen molar-refractivity contribution in [2.24, 2.45) is 0 Å². The van der Waals surface area contributed by atoms with Gasteiger partial charge in [-0.25, -0.2) is 0 Å². The highest BCUT2D eigenvalue weighted by Gasteiger charge is 2.21. The van der Waals surface area contributed by atoms with Crippen LogP contribution in [0.5, 0.6) is 0 Å². The second-order valence-corrected chi connectivity index (χ2v) is 12.5. The summed E-state index contributed by atoms with van der Waals surface area (Å²) in [6.07, 6.45) is 27.3. The Hall–Kier alpha value is -0.870. The Morgan fingerprint density at radius 2 is 0.889 bits per heavy atom. The molecular weight excluding hydrogens is 464 g/mol. The molecule has 0 amide bonds. The average molecular weight is 523 g/mol. The van der Waals surface area contributed by atoms with E-state index in [-0.39, 0.29) is 11.0 Å². The quantitative estimate of drug-likeness (QED) is 0.0947. The van der Waals surface area contributed by atoms with E-state index in [1.807, 2.05) is 19.1 Å². The molecule has 210 valence electrons. The van der Waals surface area contributed by atoms with Crippen LogP contribution in [0.15, 0.2) is 29.2 Å². The molecule has 0 fully saturated rings. The van der Waals surface area contributed by atoms with Gasteiger partial charge in [0, 0.05) is 0 Å². The predicted octanol–water partition coefficient (Wildman–Crippen LogP) is 10.7. The third-order valence-electron chi connectivity index (χ3n) is 7.33. The first-order valence-corrected chi connectivity index (χ1v) is 16.9. The summed E-state index contributed by atoms with van der Waals surface area (Å²) in [7, 11) is -3.70. The summed E-state index contributed by atoms with van der Waals surface area (Å²) < 4.78 is 31.6. The van der Waals surface area contributed by atoms with Crippen LogP contribution in [-0.2, 0) is 14.3 Å². The third-order valence-corrected chi connectivity index (χ3v) is 8.71. The molecule has 36 heavy (non-hydrogen) atoms. The highest BCUT2D eigenvalue weighted by Crippen LogP contribution is 2.22. The first-order valence-electron chi connectivity index (χ1n) is 15.5. The molecule has 0 aromatic heterocycles. The molecule has 1 rings (SSSR count). The Morgan fingerprint density at radius 1 is 0.556 bits per heavy atom. The van der Waals surface area contributed by atoms with E-state index >= 15 is 0 Å². The lowest BCUT2D eigenvalue weighted by molar-refractivity contribution is 0.180.